The molecule has 88 valence electrons. The quantitative estimate of drug-likeness (QED) is 0.698. The van der Waals surface area contributed by atoms with Crippen LogP contribution in [0.15, 0.2) is 24.3 Å². The van der Waals surface area contributed by atoms with Crippen molar-refractivity contribution < 1.29 is 14.1 Å². The predicted molar refractivity (Wildman–Crippen MR) is 61.1 cm³/mol. The fraction of sp³-hybridized carbons (Fsp3) is 0.125. The van der Waals surface area contributed by atoms with E-state index in [4.69, 9.17) is 27.3 Å². The number of halogens is 1. The van der Waals surface area contributed by atoms with Gasteiger partial charge in [0, 0.05) is 0 Å². The number of ether oxygens (including phenoxy) is 1. The van der Waals surface area contributed by atoms with E-state index in [-0.39, 0.29) is 6.61 Å². The maximum atomic E-state index is 11.1. The van der Waals surface area contributed by atoms with Gasteiger partial charge in [-0.25, -0.2) is 0 Å². The van der Waals surface area contributed by atoms with E-state index in [0.29, 0.717) is 10.8 Å². The van der Waals surface area contributed by atoms with Crippen LogP contribution in [0.2, 0.25) is 5.02 Å². The fourth-order valence-corrected chi connectivity index (χ4v) is 1.58. The van der Waals surface area contributed by atoms with Crippen molar-refractivity contribution in [1.29, 1.82) is 0 Å². The Morgan fingerprint density at radius 2 is 2.06 bits per heavy atom. The number of carbonyl (C=O) groups excluding carboxylic acids is 1. The van der Waals surface area contributed by atoms with Crippen LogP contribution in [0.4, 0.5) is 0 Å². The minimum Gasteiger partial charge on any atom is -0.482 e. The lowest BCUT2D eigenvalue weighted by Gasteiger charge is -2.10. The van der Waals surface area contributed by atoms with E-state index in [0.717, 1.165) is 0 Å². The van der Waals surface area contributed by atoms with Gasteiger partial charge < -0.3 is 4.74 Å². The number of hydrogen-bond donors (Lipinski definition) is 3. The summed E-state index contributed by atoms with van der Waals surface area (Å²) in [5.74, 6) is -0.323. The van der Waals surface area contributed by atoms with Gasteiger partial charge in [-0.05, 0) is 12.1 Å². The van der Waals surface area contributed by atoms with E-state index in [1.807, 2.05) is 5.09 Å². The predicted octanol–water partition coefficient (Wildman–Crippen LogP) is 0.861. The van der Waals surface area contributed by atoms with Gasteiger partial charge in [0.2, 0.25) is 0 Å². The summed E-state index contributed by atoms with van der Waals surface area (Å²) < 4.78 is 15.9. The molecular weight excluding hydrogens is 253 g/mol. The zero-order valence-electron chi connectivity index (χ0n) is 8.22. The summed E-state index contributed by atoms with van der Waals surface area (Å²) in [4.78, 5) is 11.1. The number of benzene rings is 1. The molecule has 1 aromatic carbocycles. The molecule has 0 atom stereocenters. The monoisotopic (exact) mass is 263 g/mol. The molecule has 0 spiro atoms. The van der Waals surface area contributed by atoms with Crippen LogP contribution in [0.3, 0.4) is 0 Å². The molecule has 1 amide bonds. The molecule has 1 aromatic rings. The topological polar surface area (TPSA) is 107 Å². The lowest BCUT2D eigenvalue weighted by Crippen LogP contribution is -2.32. The van der Waals surface area contributed by atoms with Crippen LogP contribution < -0.4 is 20.8 Å². The van der Waals surface area contributed by atoms with Crippen molar-refractivity contribution >= 4 is 25.1 Å². The number of hydrogen-bond acceptors (Lipinski definition) is 3. The molecule has 0 heterocycles. The van der Waals surface area contributed by atoms with Crippen molar-refractivity contribution in [3.8, 4) is 5.75 Å². The van der Waals surface area contributed by atoms with Crippen LogP contribution in [0.1, 0.15) is 0 Å². The Bertz CT molecular complexity index is 434. The first-order chi connectivity index (χ1) is 7.38. The molecule has 16 heavy (non-hydrogen) atoms. The van der Waals surface area contributed by atoms with Crippen molar-refractivity contribution in [3.63, 3.8) is 0 Å². The van der Waals surface area contributed by atoms with Gasteiger partial charge in [0.15, 0.2) is 6.61 Å². The molecule has 0 saturated carbocycles. The third-order valence-corrected chi connectivity index (χ3v) is 2.41. The minimum absolute atomic E-state index is 0.350. The molecule has 0 aliphatic carbocycles. The van der Waals surface area contributed by atoms with Gasteiger partial charge >= 0.3 is 0 Å². The highest BCUT2D eigenvalue weighted by molar-refractivity contribution is 7.57. The average molecular weight is 264 g/mol. The summed E-state index contributed by atoms with van der Waals surface area (Å²) >= 11 is 5.78. The van der Waals surface area contributed by atoms with E-state index in [2.05, 4.69) is 0 Å². The van der Waals surface area contributed by atoms with Crippen LogP contribution >= 0.6 is 19.2 Å². The summed E-state index contributed by atoms with van der Waals surface area (Å²) in [6, 6.07) is 6.64. The Kier molecular flexibility index (Phi) is 4.32. The molecule has 0 aromatic heterocycles. The standard InChI is InChI=1S/C8H11ClN3O3P/c9-6-3-1-2-4-7(6)15-5-8(13)12-16(10,11)14/h1-4H,5H2,(H5,10,11,12,13,14). The van der Waals surface area contributed by atoms with E-state index >= 15 is 0 Å². The molecule has 5 N–H and O–H groups in total. The van der Waals surface area contributed by atoms with Gasteiger partial charge in [0.25, 0.3) is 13.5 Å². The highest BCUT2D eigenvalue weighted by Gasteiger charge is 2.13. The van der Waals surface area contributed by atoms with E-state index in [1.165, 1.54) is 0 Å². The van der Waals surface area contributed by atoms with Crippen molar-refractivity contribution in [1.82, 2.24) is 5.09 Å². The van der Waals surface area contributed by atoms with Crippen molar-refractivity contribution in [2.45, 2.75) is 0 Å². The highest BCUT2D eigenvalue weighted by atomic mass is 35.5. The second kappa shape index (κ2) is 5.32. The molecule has 8 heteroatoms. The second-order valence-corrected chi connectivity index (χ2v) is 5.01. The zero-order chi connectivity index (χ0) is 12.2. The number of nitrogens with two attached hydrogens (primary N) is 2. The number of nitrogens with one attached hydrogen (secondary N) is 1. The molecule has 0 aliphatic rings. The van der Waals surface area contributed by atoms with Gasteiger partial charge in [0.05, 0.1) is 5.02 Å². The van der Waals surface area contributed by atoms with Crippen LogP contribution in [-0.2, 0) is 9.36 Å². The summed E-state index contributed by atoms with van der Waals surface area (Å²) in [6.45, 7) is -0.359. The lowest BCUT2D eigenvalue weighted by molar-refractivity contribution is -0.121. The van der Waals surface area contributed by atoms with Crippen molar-refractivity contribution in [2.75, 3.05) is 6.61 Å². The van der Waals surface area contributed by atoms with Crippen LogP contribution in [0.25, 0.3) is 0 Å². The van der Waals surface area contributed by atoms with Crippen molar-refractivity contribution in [3.05, 3.63) is 29.3 Å². The van der Waals surface area contributed by atoms with Gasteiger partial charge in [-0.3, -0.25) is 25.5 Å². The van der Waals surface area contributed by atoms with E-state index in [9.17, 15) is 9.36 Å². The van der Waals surface area contributed by atoms with Crippen LogP contribution in [-0.4, -0.2) is 12.5 Å². The van der Waals surface area contributed by atoms with E-state index < -0.39 is 13.5 Å². The maximum Gasteiger partial charge on any atom is 0.300 e. The SMILES string of the molecule is NP(N)(=O)NC(=O)COc1ccccc1Cl. The molecule has 0 fully saturated rings. The highest BCUT2D eigenvalue weighted by Crippen LogP contribution is 2.23. The van der Waals surface area contributed by atoms with Gasteiger partial charge in [-0.15, -0.1) is 0 Å². The van der Waals surface area contributed by atoms with Crippen LogP contribution in [0.5, 0.6) is 5.75 Å². The van der Waals surface area contributed by atoms with Gasteiger partial charge in [-0.2, -0.15) is 0 Å². The molecule has 0 aliphatic heterocycles. The molecule has 0 unspecified atom stereocenters. The number of rotatable bonds is 4. The molecular formula is C8H11ClN3O3P. The van der Waals surface area contributed by atoms with Gasteiger partial charge in [0.1, 0.15) is 5.75 Å². The Hall–Kier alpha value is -1.07. The minimum atomic E-state index is -3.57. The molecule has 6 nitrogen and oxygen atoms in total. The first-order valence-corrected chi connectivity index (χ1v) is 6.46. The Morgan fingerprint density at radius 1 is 1.44 bits per heavy atom. The van der Waals surface area contributed by atoms with Gasteiger partial charge in [-0.1, -0.05) is 23.7 Å². The zero-order valence-corrected chi connectivity index (χ0v) is 9.87. The second-order valence-electron chi connectivity index (χ2n) is 2.96. The molecule has 1 rings (SSSR count). The Morgan fingerprint density at radius 3 is 2.62 bits per heavy atom. The number of para-hydroxylation sites is 1. The Balaban J connectivity index is 2.50. The Labute approximate surface area is 97.4 Å². The fourth-order valence-electron chi connectivity index (χ4n) is 0.932. The average Bonchev–Trinajstić information content (AvgIpc) is 2.14. The number of carbonyl (C=O) groups is 1. The number of amides is 1. The van der Waals surface area contributed by atoms with Crippen LogP contribution in [0, 0.1) is 0 Å². The summed E-state index contributed by atoms with van der Waals surface area (Å²) in [6.07, 6.45) is 0. The molecule has 0 radical (unpaired) electrons. The maximum absolute atomic E-state index is 11.1. The first kappa shape index (κ1) is 13.0. The summed E-state index contributed by atoms with van der Waals surface area (Å²) in [5, 5.41) is 2.29. The molecule has 0 saturated heterocycles. The molecule has 0 bridgehead atoms. The van der Waals surface area contributed by atoms with Crippen molar-refractivity contribution in [2.24, 2.45) is 11.0 Å². The van der Waals surface area contributed by atoms with E-state index in [1.54, 1.807) is 24.3 Å². The lowest BCUT2D eigenvalue weighted by atomic mass is 10.3. The smallest absolute Gasteiger partial charge is 0.300 e. The summed E-state index contributed by atoms with van der Waals surface area (Å²) in [7, 11) is -3.57. The normalized spacial score (nSPS) is 10.9. The third-order valence-electron chi connectivity index (χ3n) is 1.49. The summed E-state index contributed by atoms with van der Waals surface area (Å²) in [5.41, 5.74) is 9.91. The first-order valence-electron chi connectivity index (χ1n) is 4.24. The largest absolute Gasteiger partial charge is 0.482 e. The third kappa shape index (κ3) is 4.63.